The summed E-state index contributed by atoms with van der Waals surface area (Å²) in [5.41, 5.74) is 0.680. The Morgan fingerprint density at radius 3 is 2.21 bits per heavy atom. The minimum absolute atomic E-state index is 0.210. The molecule has 0 atom stereocenters. The van der Waals surface area contributed by atoms with Gasteiger partial charge in [0.1, 0.15) is 5.69 Å². The number of sulfone groups is 1. The highest BCUT2D eigenvalue weighted by molar-refractivity contribution is 7.94. The number of nitroso groups, excluding NO2 is 1. The SMILES string of the molecule is O=Nc1ccccc1C=CS(=O)(=O)c1ccccc1. The Bertz CT molecular complexity index is 706. The van der Waals surface area contributed by atoms with E-state index in [0.717, 1.165) is 5.41 Å². The average molecular weight is 273 g/mol. The van der Waals surface area contributed by atoms with Crippen molar-refractivity contribution in [2.24, 2.45) is 5.18 Å². The van der Waals surface area contributed by atoms with E-state index in [4.69, 9.17) is 0 Å². The molecule has 0 heterocycles. The van der Waals surface area contributed by atoms with Gasteiger partial charge in [0.25, 0.3) is 0 Å². The molecule has 0 fully saturated rings. The van der Waals surface area contributed by atoms with Crippen molar-refractivity contribution in [3.05, 3.63) is 70.5 Å². The maximum atomic E-state index is 12.0. The normalized spacial score (nSPS) is 11.6. The second kappa shape index (κ2) is 5.58. The Balaban J connectivity index is 2.35. The van der Waals surface area contributed by atoms with E-state index >= 15 is 0 Å². The zero-order chi connectivity index (χ0) is 13.7. The number of nitrogens with zero attached hydrogens (tertiary/aromatic N) is 1. The van der Waals surface area contributed by atoms with Crippen LogP contribution < -0.4 is 0 Å². The van der Waals surface area contributed by atoms with E-state index in [1.807, 2.05) is 0 Å². The van der Waals surface area contributed by atoms with Gasteiger partial charge in [0.15, 0.2) is 9.84 Å². The predicted molar refractivity (Wildman–Crippen MR) is 74.6 cm³/mol. The monoisotopic (exact) mass is 273 g/mol. The smallest absolute Gasteiger partial charge is 0.199 e. The molecule has 2 aromatic rings. The lowest BCUT2D eigenvalue weighted by molar-refractivity contribution is 0.605. The minimum atomic E-state index is -3.51. The van der Waals surface area contributed by atoms with Gasteiger partial charge in [0.2, 0.25) is 0 Å². The van der Waals surface area contributed by atoms with E-state index in [-0.39, 0.29) is 10.6 Å². The van der Waals surface area contributed by atoms with Crippen molar-refractivity contribution < 1.29 is 8.42 Å². The molecule has 2 rings (SSSR count). The topological polar surface area (TPSA) is 63.6 Å². The molecule has 96 valence electrons. The summed E-state index contributed by atoms with van der Waals surface area (Å²) in [6.45, 7) is 0. The maximum Gasteiger partial charge on any atom is 0.199 e. The van der Waals surface area contributed by atoms with E-state index in [0.29, 0.717) is 5.56 Å². The number of benzene rings is 2. The molecule has 0 unspecified atom stereocenters. The summed E-state index contributed by atoms with van der Waals surface area (Å²) in [5, 5.41) is 3.92. The van der Waals surface area contributed by atoms with Crippen LogP contribution in [0.3, 0.4) is 0 Å². The Labute approximate surface area is 111 Å². The van der Waals surface area contributed by atoms with Crippen LogP contribution in [0.5, 0.6) is 0 Å². The summed E-state index contributed by atoms with van der Waals surface area (Å²) < 4.78 is 24.0. The first-order chi connectivity index (χ1) is 9.13. The van der Waals surface area contributed by atoms with E-state index < -0.39 is 9.84 Å². The molecule has 0 aliphatic heterocycles. The van der Waals surface area contributed by atoms with Crippen molar-refractivity contribution >= 4 is 21.6 Å². The third kappa shape index (κ3) is 3.14. The van der Waals surface area contributed by atoms with Gasteiger partial charge >= 0.3 is 0 Å². The number of rotatable bonds is 4. The molecule has 19 heavy (non-hydrogen) atoms. The Morgan fingerprint density at radius 1 is 0.895 bits per heavy atom. The Kier molecular flexibility index (Phi) is 3.87. The lowest BCUT2D eigenvalue weighted by atomic mass is 10.2. The van der Waals surface area contributed by atoms with Crippen LogP contribution in [-0.2, 0) is 9.84 Å². The van der Waals surface area contributed by atoms with E-state index in [9.17, 15) is 13.3 Å². The van der Waals surface area contributed by atoms with Gasteiger partial charge in [-0.2, -0.15) is 0 Å². The van der Waals surface area contributed by atoms with Crippen LogP contribution in [0.4, 0.5) is 5.69 Å². The predicted octanol–water partition coefficient (Wildman–Crippen LogP) is 3.53. The lowest BCUT2D eigenvalue weighted by Gasteiger charge is -1.99. The van der Waals surface area contributed by atoms with Crippen molar-refractivity contribution in [2.75, 3.05) is 0 Å². The van der Waals surface area contributed by atoms with Crippen LogP contribution in [0.2, 0.25) is 0 Å². The molecule has 0 spiro atoms. The molecule has 0 saturated carbocycles. The summed E-state index contributed by atoms with van der Waals surface area (Å²) in [5.74, 6) is 0. The first-order valence-corrected chi connectivity index (χ1v) is 7.09. The van der Waals surface area contributed by atoms with Crippen molar-refractivity contribution in [1.29, 1.82) is 0 Å². The molecule has 0 radical (unpaired) electrons. The third-order valence-corrected chi connectivity index (χ3v) is 3.96. The van der Waals surface area contributed by atoms with Gasteiger partial charge < -0.3 is 0 Å². The molecule has 0 aliphatic carbocycles. The molecule has 2 aromatic carbocycles. The van der Waals surface area contributed by atoms with Crippen LogP contribution in [-0.4, -0.2) is 8.42 Å². The van der Waals surface area contributed by atoms with Crippen LogP contribution in [0.25, 0.3) is 6.08 Å². The highest BCUT2D eigenvalue weighted by Crippen LogP contribution is 2.21. The number of hydrogen-bond acceptors (Lipinski definition) is 4. The largest absolute Gasteiger partial charge is 0.219 e. The summed E-state index contributed by atoms with van der Waals surface area (Å²) in [7, 11) is -3.51. The van der Waals surface area contributed by atoms with Gasteiger partial charge in [-0.1, -0.05) is 36.4 Å². The Morgan fingerprint density at radius 2 is 1.53 bits per heavy atom. The van der Waals surface area contributed by atoms with Crippen molar-refractivity contribution in [3.63, 3.8) is 0 Å². The number of hydrogen-bond donors (Lipinski definition) is 0. The highest BCUT2D eigenvalue weighted by Gasteiger charge is 2.09. The fourth-order valence-corrected chi connectivity index (χ4v) is 2.58. The second-order valence-electron chi connectivity index (χ2n) is 3.81. The maximum absolute atomic E-state index is 12.0. The van der Waals surface area contributed by atoms with Gasteiger partial charge in [-0.3, -0.25) is 0 Å². The molecule has 0 saturated heterocycles. The highest BCUT2D eigenvalue weighted by atomic mass is 32.2. The third-order valence-electron chi connectivity index (χ3n) is 2.53. The van der Waals surface area contributed by atoms with Crippen LogP contribution >= 0.6 is 0 Å². The molecule has 5 heteroatoms. The standard InChI is InChI=1S/C14H11NO3S/c16-15-14-9-5-4-6-12(14)10-11-19(17,18)13-7-2-1-3-8-13/h1-11H. The van der Waals surface area contributed by atoms with E-state index in [2.05, 4.69) is 5.18 Å². The fourth-order valence-electron chi connectivity index (χ4n) is 1.56. The summed E-state index contributed by atoms with van der Waals surface area (Å²) in [4.78, 5) is 10.8. The van der Waals surface area contributed by atoms with E-state index in [1.54, 1.807) is 36.4 Å². The summed E-state index contributed by atoms with van der Waals surface area (Å²) in [6, 6.07) is 14.6. The summed E-state index contributed by atoms with van der Waals surface area (Å²) >= 11 is 0. The quantitative estimate of drug-likeness (QED) is 0.800. The molecule has 4 nitrogen and oxygen atoms in total. The molecule has 0 bridgehead atoms. The van der Waals surface area contributed by atoms with Crippen molar-refractivity contribution in [2.45, 2.75) is 4.90 Å². The zero-order valence-corrected chi connectivity index (χ0v) is 10.7. The van der Waals surface area contributed by atoms with Gasteiger partial charge in [-0.05, 0) is 29.5 Å². The van der Waals surface area contributed by atoms with Crippen LogP contribution in [0, 0.1) is 4.91 Å². The zero-order valence-electron chi connectivity index (χ0n) is 9.93. The molecule has 0 aliphatic rings. The van der Waals surface area contributed by atoms with E-state index in [1.165, 1.54) is 24.3 Å². The lowest BCUT2D eigenvalue weighted by Crippen LogP contribution is -1.95. The molecule has 0 amide bonds. The minimum Gasteiger partial charge on any atom is -0.219 e. The molecule has 0 N–H and O–H groups in total. The second-order valence-corrected chi connectivity index (χ2v) is 5.64. The van der Waals surface area contributed by atoms with Gasteiger partial charge in [-0.25, -0.2) is 8.42 Å². The Hall–Kier alpha value is -2.27. The summed E-state index contributed by atoms with van der Waals surface area (Å²) in [6.07, 6.45) is 1.37. The first-order valence-electron chi connectivity index (χ1n) is 5.54. The molecular weight excluding hydrogens is 262 g/mol. The van der Waals surface area contributed by atoms with Gasteiger partial charge in [-0.15, -0.1) is 4.91 Å². The van der Waals surface area contributed by atoms with Crippen LogP contribution in [0.1, 0.15) is 5.56 Å². The van der Waals surface area contributed by atoms with Gasteiger partial charge in [0, 0.05) is 11.0 Å². The van der Waals surface area contributed by atoms with Gasteiger partial charge in [0.05, 0.1) is 4.90 Å². The molecule has 0 aromatic heterocycles. The first kappa shape index (κ1) is 13.2. The average Bonchev–Trinajstić information content (AvgIpc) is 2.46. The van der Waals surface area contributed by atoms with Crippen molar-refractivity contribution in [1.82, 2.24) is 0 Å². The van der Waals surface area contributed by atoms with Crippen molar-refractivity contribution in [3.8, 4) is 0 Å². The van der Waals surface area contributed by atoms with Crippen LogP contribution in [0.15, 0.2) is 70.1 Å². The fraction of sp³-hybridized carbons (Fsp3) is 0. The molecular formula is C14H11NO3S.